The van der Waals surface area contributed by atoms with Crippen LogP contribution in [0.3, 0.4) is 0 Å². The molecule has 122 valence electrons. The van der Waals surface area contributed by atoms with E-state index in [-0.39, 0.29) is 4.90 Å². The maximum absolute atomic E-state index is 12.1. The van der Waals surface area contributed by atoms with Crippen molar-refractivity contribution in [3.05, 3.63) is 59.2 Å². The minimum atomic E-state index is -3.51. The van der Waals surface area contributed by atoms with Crippen molar-refractivity contribution in [2.24, 2.45) is 0 Å². The van der Waals surface area contributed by atoms with Crippen molar-refractivity contribution >= 4 is 16.0 Å². The van der Waals surface area contributed by atoms with Gasteiger partial charge in [0.05, 0.1) is 10.5 Å². The number of carbonyl (C=O) groups is 1. The van der Waals surface area contributed by atoms with Gasteiger partial charge in [-0.15, -0.1) is 0 Å². The Kier molecular flexibility index (Phi) is 4.87. The largest absolute Gasteiger partial charge is 0.423 e. The number of hydrogen-bond acceptors (Lipinski definition) is 4. The average Bonchev–Trinajstić information content (AvgIpc) is 2.51. The lowest BCUT2D eigenvalue weighted by Gasteiger charge is -2.11. The van der Waals surface area contributed by atoms with Crippen LogP contribution in [-0.4, -0.2) is 32.8 Å². The summed E-state index contributed by atoms with van der Waals surface area (Å²) in [5.41, 5.74) is 2.44. The minimum Gasteiger partial charge on any atom is -0.423 e. The Morgan fingerprint density at radius 1 is 0.957 bits per heavy atom. The second kappa shape index (κ2) is 6.52. The predicted octanol–water partition coefficient (Wildman–Crippen LogP) is 2.77. The third kappa shape index (κ3) is 3.78. The van der Waals surface area contributed by atoms with Gasteiger partial charge in [-0.05, 0) is 61.4 Å². The molecule has 6 heteroatoms. The van der Waals surface area contributed by atoms with Gasteiger partial charge in [-0.25, -0.2) is 17.5 Å². The molecule has 0 saturated carbocycles. The molecule has 5 nitrogen and oxygen atoms in total. The van der Waals surface area contributed by atoms with Gasteiger partial charge in [0.15, 0.2) is 0 Å². The zero-order chi connectivity index (χ0) is 17.2. The molecule has 0 saturated heterocycles. The summed E-state index contributed by atoms with van der Waals surface area (Å²) in [5, 5.41) is 0. The molecule has 0 aliphatic carbocycles. The molecule has 0 bridgehead atoms. The van der Waals surface area contributed by atoms with E-state index in [0.717, 1.165) is 15.4 Å². The van der Waals surface area contributed by atoms with E-state index in [4.69, 9.17) is 4.74 Å². The molecule has 23 heavy (non-hydrogen) atoms. The van der Waals surface area contributed by atoms with Crippen molar-refractivity contribution in [3.8, 4) is 5.75 Å². The highest BCUT2D eigenvalue weighted by Crippen LogP contribution is 2.19. The van der Waals surface area contributed by atoms with Gasteiger partial charge in [-0.3, -0.25) is 0 Å². The molecule has 2 aromatic carbocycles. The topological polar surface area (TPSA) is 63.7 Å². The number of ether oxygens (including phenoxy) is 1. The first-order valence-electron chi connectivity index (χ1n) is 7.04. The van der Waals surface area contributed by atoms with Gasteiger partial charge in [-0.1, -0.05) is 6.07 Å². The molecule has 0 radical (unpaired) electrons. The Morgan fingerprint density at radius 3 is 2.09 bits per heavy atom. The molecule has 0 aromatic heterocycles. The second-order valence-corrected chi connectivity index (χ2v) is 7.60. The molecule has 0 unspecified atom stereocenters. The summed E-state index contributed by atoms with van der Waals surface area (Å²) in [7, 11) is -0.596. The summed E-state index contributed by atoms with van der Waals surface area (Å²) in [4.78, 5) is 12.3. The van der Waals surface area contributed by atoms with Gasteiger partial charge in [-0.2, -0.15) is 0 Å². The van der Waals surface area contributed by atoms with E-state index >= 15 is 0 Å². The third-order valence-corrected chi connectivity index (χ3v) is 5.39. The van der Waals surface area contributed by atoms with Crippen LogP contribution < -0.4 is 4.74 Å². The third-order valence-electron chi connectivity index (χ3n) is 3.56. The van der Waals surface area contributed by atoms with Gasteiger partial charge in [0.2, 0.25) is 10.0 Å². The Bertz CT molecular complexity index is 824. The van der Waals surface area contributed by atoms with E-state index in [0.29, 0.717) is 11.3 Å². The first kappa shape index (κ1) is 17.2. The number of nitrogens with zero attached hydrogens (tertiary/aromatic N) is 1. The zero-order valence-corrected chi connectivity index (χ0v) is 14.3. The summed E-state index contributed by atoms with van der Waals surface area (Å²) in [6.07, 6.45) is 0. The number of sulfonamides is 1. The van der Waals surface area contributed by atoms with Gasteiger partial charge in [0.25, 0.3) is 0 Å². The predicted molar refractivity (Wildman–Crippen MR) is 88.2 cm³/mol. The Balaban J connectivity index is 2.19. The number of aryl methyl sites for hydroxylation is 2. The lowest BCUT2D eigenvalue weighted by Crippen LogP contribution is -2.22. The monoisotopic (exact) mass is 333 g/mol. The van der Waals surface area contributed by atoms with E-state index in [2.05, 4.69) is 0 Å². The van der Waals surface area contributed by atoms with E-state index in [1.807, 2.05) is 19.9 Å². The van der Waals surface area contributed by atoms with E-state index in [1.165, 1.54) is 38.4 Å². The van der Waals surface area contributed by atoms with Crippen LogP contribution in [0.4, 0.5) is 0 Å². The highest BCUT2D eigenvalue weighted by atomic mass is 32.2. The highest BCUT2D eigenvalue weighted by molar-refractivity contribution is 7.89. The fourth-order valence-electron chi connectivity index (χ4n) is 1.92. The summed E-state index contributed by atoms with van der Waals surface area (Å²) in [5.74, 6) is -0.0647. The van der Waals surface area contributed by atoms with Crippen LogP contribution in [0.15, 0.2) is 47.4 Å². The number of hydrogen-bond donors (Lipinski definition) is 0. The normalized spacial score (nSPS) is 11.5. The maximum Gasteiger partial charge on any atom is 0.343 e. The minimum absolute atomic E-state index is 0.130. The Morgan fingerprint density at radius 2 is 1.57 bits per heavy atom. The molecular weight excluding hydrogens is 314 g/mol. The van der Waals surface area contributed by atoms with E-state index in [9.17, 15) is 13.2 Å². The summed E-state index contributed by atoms with van der Waals surface area (Å²) in [6, 6.07) is 11.1. The molecule has 0 N–H and O–H groups in total. The number of rotatable bonds is 4. The number of benzene rings is 2. The molecule has 0 heterocycles. The molecule has 0 fully saturated rings. The van der Waals surface area contributed by atoms with Crippen molar-refractivity contribution in [2.75, 3.05) is 14.1 Å². The van der Waals surface area contributed by atoms with Crippen LogP contribution in [-0.2, 0) is 10.0 Å². The van der Waals surface area contributed by atoms with E-state index < -0.39 is 16.0 Å². The molecule has 0 spiro atoms. The molecule has 2 aromatic rings. The molecule has 0 aliphatic heterocycles. The zero-order valence-electron chi connectivity index (χ0n) is 13.5. The molecule has 0 amide bonds. The van der Waals surface area contributed by atoms with Crippen molar-refractivity contribution in [2.45, 2.75) is 18.7 Å². The van der Waals surface area contributed by atoms with Crippen LogP contribution in [0.1, 0.15) is 21.5 Å². The van der Waals surface area contributed by atoms with Crippen molar-refractivity contribution in [1.82, 2.24) is 4.31 Å². The Labute approximate surface area is 136 Å². The van der Waals surface area contributed by atoms with Crippen molar-refractivity contribution < 1.29 is 17.9 Å². The standard InChI is InChI=1S/C17H19NO4S/c1-12-5-8-15(11-13(12)2)22-17(19)14-6-9-16(10-7-14)23(20,21)18(3)4/h5-11H,1-4H3. The fraction of sp³-hybridized carbons (Fsp3) is 0.235. The first-order chi connectivity index (χ1) is 10.7. The van der Waals surface area contributed by atoms with Crippen molar-refractivity contribution in [1.29, 1.82) is 0 Å². The maximum atomic E-state index is 12.1. The van der Waals surface area contributed by atoms with E-state index in [1.54, 1.807) is 12.1 Å². The smallest absolute Gasteiger partial charge is 0.343 e. The lowest BCUT2D eigenvalue weighted by molar-refractivity contribution is 0.0734. The van der Waals surface area contributed by atoms with Gasteiger partial charge < -0.3 is 4.74 Å². The number of carbonyl (C=O) groups excluding carboxylic acids is 1. The van der Waals surface area contributed by atoms with Crippen LogP contribution in [0.25, 0.3) is 0 Å². The number of esters is 1. The Hall–Kier alpha value is -2.18. The highest BCUT2D eigenvalue weighted by Gasteiger charge is 2.18. The molecular formula is C17H19NO4S. The SMILES string of the molecule is Cc1ccc(OC(=O)c2ccc(S(=O)(=O)N(C)C)cc2)cc1C. The van der Waals surface area contributed by atoms with Crippen LogP contribution in [0.2, 0.25) is 0 Å². The molecule has 0 aliphatic rings. The summed E-state index contributed by atoms with van der Waals surface area (Å²) < 4.78 is 30.4. The van der Waals surface area contributed by atoms with Gasteiger partial charge >= 0.3 is 5.97 Å². The average molecular weight is 333 g/mol. The van der Waals surface area contributed by atoms with Crippen LogP contribution in [0, 0.1) is 13.8 Å². The molecule has 2 rings (SSSR count). The molecule has 0 atom stereocenters. The second-order valence-electron chi connectivity index (χ2n) is 5.45. The summed E-state index contributed by atoms with van der Waals surface area (Å²) >= 11 is 0. The quantitative estimate of drug-likeness (QED) is 0.637. The van der Waals surface area contributed by atoms with Gasteiger partial charge in [0, 0.05) is 14.1 Å². The first-order valence-corrected chi connectivity index (χ1v) is 8.48. The van der Waals surface area contributed by atoms with Crippen LogP contribution in [0.5, 0.6) is 5.75 Å². The van der Waals surface area contributed by atoms with Gasteiger partial charge in [0.1, 0.15) is 5.75 Å². The fourth-order valence-corrected chi connectivity index (χ4v) is 2.82. The lowest BCUT2D eigenvalue weighted by atomic mass is 10.1. The summed E-state index contributed by atoms with van der Waals surface area (Å²) in [6.45, 7) is 3.92. The van der Waals surface area contributed by atoms with Crippen LogP contribution >= 0.6 is 0 Å². The van der Waals surface area contributed by atoms with Crippen molar-refractivity contribution in [3.63, 3.8) is 0 Å².